The van der Waals surface area contributed by atoms with E-state index in [4.69, 9.17) is 9.16 Å². The number of amides is 2. The topological polar surface area (TPSA) is 72.0 Å². The molecule has 1 saturated carbocycles. The molecule has 2 amide bonds. The van der Waals surface area contributed by atoms with Crippen LogP contribution in [-0.4, -0.2) is 61.9 Å². The Morgan fingerprint density at radius 2 is 1.88 bits per heavy atom. The molecule has 2 heterocycles. The van der Waals surface area contributed by atoms with Gasteiger partial charge in [0.25, 0.3) is 5.91 Å². The van der Waals surface area contributed by atoms with Crippen molar-refractivity contribution in [1.29, 1.82) is 0 Å². The highest BCUT2D eigenvalue weighted by Gasteiger charge is 2.44. The summed E-state index contributed by atoms with van der Waals surface area (Å²) >= 11 is 4.42. The van der Waals surface area contributed by atoms with E-state index in [0.717, 1.165) is 36.3 Å². The van der Waals surface area contributed by atoms with E-state index in [1.807, 2.05) is 0 Å². The Balaban J connectivity index is 1.65. The van der Waals surface area contributed by atoms with Crippen LogP contribution in [0.4, 0.5) is 18.9 Å². The van der Waals surface area contributed by atoms with Gasteiger partial charge in [0.1, 0.15) is 24.1 Å². The van der Waals surface area contributed by atoms with Gasteiger partial charge in [-0.25, -0.2) is 4.98 Å². The monoisotopic (exact) mass is 661 g/mol. The molecule has 0 radical (unpaired) electrons. The molecule has 7 nitrogen and oxygen atoms in total. The Kier molecular flexibility index (Phi) is 9.09. The summed E-state index contributed by atoms with van der Waals surface area (Å²) in [5.74, 6) is -0.945. The number of halogens is 4. The zero-order chi connectivity index (χ0) is 29.5. The quantitative estimate of drug-likeness (QED) is 0.211. The summed E-state index contributed by atoms with van der Waals surface area (Å²) in [5.41, 5.74) is -0.976. The molecule has 13 heteroatoms. The van der Waals surface area contributed by atoms with E-state index in [1.165, 1.54) is 22.8 Å². The van der Waals surface area contributed by atoms with Gasteiger partial charge >= 0.3 is 6.18 Å². The number of carbonyl (C=O) groups is 2. The molecule has 2 aromatic rings. The fourth-order valence-electron chi connectivity index (χ4n) is 4.54. The van der Waals surface area contributed by atoms with E-state index in [0.29, 0.717) is 16.9 Å². The number of thiazole rings is 1. The van der Waals surface area contributed by atoms with Gasteiger partial charge in [-0.1, -0.05) is 20.8 Å². The number of hydrogen-bond donors (Lipinski definition) is 0. The van der Waals surface area contributed by atoms with Crippen molar-refractivity contribution < 1.29 is 31.9 Å². The summed E-state index contributed by atoms with van der Waals surface area (Å²) in [5, 5.41) is 1.49. The van der Waals surface area contributed by atoms with E-state index in [1.54, 1.807) is 4.90 Å². The molecule has 2 fully saturated rings. The largest absolute Gasteiger partial charge is 0.491 e. The molecule has 2 aliphatic rings. The van der Waals surface area contributed by atoms with E-state index < -0.39 is 32.0 Å². The van der Waals surface area contributed by atoms with Crippen LogP contribution in [-0.2, 0) is 15.4 Å². The number of rotatable bonds is 9. The Hall–Kier alpha value is -1.96. The average Bonchev–Trinajstić information content (AvgIpc) is 3.41. The molecule has 1 atom stereocenters. The number of alkyl halides is 3. The smallest absolute Gasteiger partial charge is 0.416 e. The number of benzene rings is 1. The molecule has 220 valence electrons. The molecule has 1 aliphatic carbocycles. The molecule has 4 rings (SSSR count). The fourth-order valence-corrected chi connectivity index (χ4v) is 6.55. The lowest BCUT2D eigenvalue weighted by molar-refractivity contribution is -0.137. The normalized spacial score (nSPS) is 18.7. The molecule has 1 unspecified atom stereocenters. The standard InChI is InChI=1S/C27H35BrF3N3O4SSi/c1-26(2,3)40(4,5)38-12-11-37-20-14-17(27(29,30)31)13-19(15-20)34(23(35)21-16-39-25(28)32-21)22-9-10-33(24(22)36)18-7-6-8-18/h13-16,18,22H,6-12H2,1-5H3. The molecule has 40 heavy (non-hydrogen) atoms. The highest BCUT2D eigenvalue weighted by molar-refractivity contribution is 9.11. The Bertz CT molecular complexity index is 1250. The maximum atomic E-state index is 14.0. The van der Waals surface area contributed by atoms with Gasteiger partial charge in [-0.15, -0.1) is 11.3 Å². The van der Waals surface area contributed by atoms with Crippen LogP contribution >= 0.6 is 27.3 Å². The summed E-state index contributed by atoms with van der Waals surface area (Å²) in [4.78, 5) is 34.3. The summed E-state index contributed by atoms with van der Waals surface area (Å²) in [6, 6.07) is 2.38. The van der Waals surface area contributed by atoms with E-state index >= 15 is 0 Å². The number of aromatic nitrogens is 1. The molecule has 0 spiro atoms. The van der Waals surface area contributed by atoms with Gasteiger partial charge in [0.2, 0.25) is 5.91 Å². The highest BCUT2D eigenvalue weighted by atomic mass is 79.9. The van der Waals surface area contributed by atoms with Gasteiger partial charge in [0.15, 0.2) is 12.2 Å². The minimum Gasteiger partial charge on any atom is -0.491 e. The first-order chi connectivity index (χ1) is 18.6. The SMILES string of the molecule is CC(C)(C)[Si](C)(C)OCCOc1cc(N(C(=O)c2csc(Br)n2)C2CCN(C3CCC3)C2=O)cc(C(F)(F)F)c1. The van der Waals surface area contributed by atoms with Crippen LogP contribution in [0.25, 0.3) is 0 Å². The zero-order valence-corrected chi connectivity index (χ0v) is 26.7. The number of likely N-dealkylation sites (tertiary alicyclic amines) is 1. The van der Waals surface area contributed by atoms with Gasteiger partial charge in [0.05, 0.1) is 12.2 Å². The van der Waals surface area contributed by atoms with Crippen LogP contribution in [0.15, 0.2) is 27.5 Å². The van der Waals surface area contributed by atoms with Gasteiger partial charge in [-0.2, -0.15) is 13.2 Å². The molecule has 1 aromatic carbocycles. The highest BCUT2D eigenvalue weighted by Crippen LogP contribution is 2.39. The van der Waals surface area contributed by atoms with Gasteiger partial charge in [-0.3, -0.25) is 14.5 Å². The molecule has 1 saturated heterocycles. The predicted molar refractivity (Wildman–Crippen MR) is 154 cm³/mol. The van der Waals surface area contributed by atoms with E-state index in [9.17, 15) is 22.8 Å². The second-order valence-corrected chi connectivity index (χ2v) is 18.7. The Morgan fingerprint density at radius 1 is 1.18 bits per heavy atom. The van der Waals surface area contributed by atoms with Crippen molar-refractivity contribution in [2.24, 2.45) is 0 Å². The van der Waals surface area contributed by atoms with Crippen LogP contribution < -0.4 is 9.64 Å². The average molecular weight is 663 g/mol. The van der Waals surface area contributed by atoms with Crippen molar-refractivity contribution in [2.45, 2.75) is 82.8 Å². The van der Waals surface area contributed by atoms with Crippen LogP contribution in [0.5, 0.6) is 5.75 Å². The Labute approximate surface area is 246 Å². The first-order valence-electron chi connectivity index (χ1n) is 13.3. The summed E-state index contributed by atoms with van der Waals surface area (Å²) < 4.78 is 54.4. The minimum absolute atomic E-state index is 0.0247. The molecular weight excluding hydrogens is 627 g/mol. The second kappa shape index (κ2) is 11.7. The predicted octanol–water partition coefficient (Wildman–Crippen LogP) is 7.13. The molecule has 0 N–H and O–H groups in total. The lowest BCUT2D eigenvalue weighted by Crippen LogP contribution is -2.49. The van der Waals surface area contributed by atoms with Crippen molar-refractivity contribution >= 4 is 53.1 Å². The van der Waals surface area contributed by atoms with Crippen molar-refractivity contribution in [2.75, 3.05) is 24.7 Å². The number of carbonyl (C=O) groups excluding carboxylic acids is 2. The molecule has 1 aliphatic heterocycles. The third-order valence-electron chi connectivity index (χ3n) is 8.07. The van der Waals surface area contributed by atoms with Gasteiger partial charge in [-0.05, 0) is 71.9 Å². The van der Waals surface area contributed by atoms with Crippen molar-refractivity contribution in [3.63, 3.8) is 0 Å². The summed E-state index contributed by atoms with van der Waals surface area (Å²) in [6.45, 7) is 11.2. The third-order valence-corrected chi connectivity index (χ3v) is 14.0. The van der Waals surface area contributed by atoms with Gasteiger partial charge in [0, 0.05) is 29.7 Å². The maximum absolute atomic E-state index is 14.0. The summed E-state index contributed by atoms with van der Waals surface area (Å²) in [6.07, 6.45) is -1.56. The van der Waals surface area contributed by atoms with E-state index in [2.05, 4.69) is 54.8 Å². The first-order valence-corrected chi connectivity index (χ1v) is 17.9. The second-order valence-electron chi connectivity index (χ2n) is 11.8. The minimum atomic E-state index is -4.69. The number of nitrogens with zero attached hydrogens (tertiary/aromatic N) is 3. The maximum Gasteiger partial charge on any atom is 0.416 e. The molecule has 0 bridgehead atoms. The van der Waals surface area contributed by atoms with Crippen molar-refractivity contribution in [1.82, 2.24) is 9.88 Å². The fraction of sp³-hybridized carbons (Fsp3) is 0.593. The van der Waals surface area contributed by atoms with Crippen LogP contribution in [0.3, 0.4) is 0 Å². The third kappa shape index (κ3) is 6.74. The van der Waals surface area contributed by atoms with Crippen molar-refractivity contribution in [3.8, 4) is 5.75 Å². The lowest BCUT2D eigenvalue weighted by Gasteiger charge is -2.36. The number of anilines is 1. The van der Waals surface area contributed by atoms with E-state index in [-0.39, 0.29) is 47.3 Å². The summed E-state index contributed by atoms with van der Waals surface area (Å²) in [7, 11) is -2.07. The molecular formula is C27H35BrF3N3O4SSi. The lowest BCUT2D eigenvalue weighted by atomic mass is 9.92. The zero-order valence-electron chi connectivity index (χ0n) is 23.3. The van der Waals surface area contributed by atoms with Gasteiger partial charge < -0.3 is 14.1 Å². The Morgan fingerprint density at radius 3 is 2.42 bits per heavy atom. The van der Waals surface area contributed by atoms with Crippen LogP contribution in [0.2, 0.25) is 18.1 Å². The van der Waals surface area contributed by atoms with Crippen LogP contribution in [0, 0.1) is 0 Å². The van der Waals surface area contributed by atoms with Crippen molar-refractivity contribution in [3.05, 3.63) is 38.8 Å². The van der Waals surface area contributed by atoms with Crippen LogP contribution in [0.1, 0.15) is 62.5 Å². The number of hydrogen-bond acceptors (Lipinski definition) is 6. The molecule has 1 aromatic heterocycles. The first kappa shape index (κ1) is 31.0. The number of ether oxygens (including phenoxy) is 1.